The molecule has 7 heteroatoms. The highest BCUT2D eigenvalue weighted by molar-refractivity contribution is 5.23. The molecule has 0 fully saturated rings. The van der Waals surface area contributed by atoms with Crippen molar-refractivity contribution in [1.29, 1.82) is 0 Å². The fraction of sp³-hybridized carbons (Fsp3) is 0.500. The molecule has 0 saturated heterocycles. The second kappa shape index (κ2) is 4.58. The lowest BCUT2D eigenvalue weighted by Crippen LogP contribution is -2.55. The summed E-state index contributed by atoms with van der Waals surface area (Å²) in [7, 11) is 0. The molecular formula is C10H12F4N2O. The maximum Gasteiger partial charge on any atom is 0.423 e. The molecule has 0 spiro atoms. The highest BCUT2D eigenvalue weighted by atomic mass is 19.4. The van der Waals surface area contributed by atoms with E-state index in [-0.39, 0.29) is 6.42 Å². The van der Waals surface area contributed by atoms with Crippen LogP contribution in [0.15, 0.2) is 18.5 Å². The van der Waals surface area contributed by atoms with Gasteiger partial charge in [-0.1, -0.05) is 6.92 Å². The van der Waals surface area contributed by atoms with Gasteiger partial charge in [0.1, 0.15) is 5.82 Å². The molecule has 96 valence electrons. The van der Waals surface area contributed by atoms with Crippen LogP contribution in [0.2, 0.25) is 0 Å². The van der Waals surface area contributed by atoms with E-state index in [9.17, 15) is 22.7 Å². The molecule has 0 saturated carbocycles. The average molecular weight is 252 g/mol. The summed E-state index contributed by atoms with van der Waals surface area (Å²) in [6.45, 7) is 1.40. The molecule has 0 amide bonds. The standard InChI is InChI=1S/C10H12F4N2O/c1-2-8(15)9(17,10(12,13)14)6-3-7(11)5-16-4-6/h3-5,8,17H,2,15H2,1H3. The number of nitrogens with zero attached hydrogens (tertiary/aromatic N) is 1. The number of rotatable bonds is 3. The van der Waals surface area contributed by atoms with Crippen molar-refractivity contribution in [1.82, 2.24) is 4.98 Å². The molecule has 3 N–H and O–H groups in total. The van der Waals surface area contributed by atoms with Crippen LogP contribution in [-0.2, 0) is 5.60 Å². The first-order valence-electron chi connectivity index (χ1n) is 4.89. The third-order valence-electron chi connectivity index (χ3n) is 2.55. The maximum absolute atomic E-state index is 12.9. The molecule has 17 heavy (non-hydrogen) atoms. The van der Waals surface area contributed by atoms with E-state index >= 15 is 0 Å². The highest BCUT2D eigenvalue weighted by Crippen LogP contribution is 2.41. The Morgan fingerprint density at radius 2 is 2.00 bits per heavy atom. The molecule has 0 bridgehead atoms. The summed E-state index contributed by atoms with van der Waals surface area (Å²) in [5.41, 5.74) is 1.31. The molecule has 1 rings (SSSR count). The van der Waals surface area contributed by atoms with Gasteiger partial charge >= 0.3 is 6.18 Å². The Kier molecular flexibility index (Phi) is 3.73. The molecule has 1 heterocycles. The number of halogens is 4. The monoisotopic (exact) mass is 252 g/mol. The lowest BCUT2D eigenvalue weighted by atomic mass is 9.85. The van der Waals surface area contributed by atoms with Crippen molar-refractivity contribution in [2.75, 3.05) is 0 Å². The summed E-state index contributed by atoms with van der Waals surface area (Å²) in [4.78, 5) is 3.29. The zero-order valence-electron chi connectivity index (χ0n) is 9.00. The van der Waals surface area contributed by atoms with E-state index in [2.05, 4.69) is 4.98 Å². The van der Waals surface area contributed by atoms with Gasteiger partial charge in [0.05, 0.1) is 6.20 Å². The zero-order chi connectivity index (χ0) is 13.3. The molecular weight excluding hydrogens is 240 g/mol. The van der Waals surface area contributed by atoms with Gasteiger partial charge in [0.2, 0.25) is 5.60 Å². The smallest absolute Gasteiger partial charge is 0.375 e. The largest absolute Gasteiger partial charge is 0.423 e. The zero-order valence-corrected chi connectivity index (χ0v) is 9.00. The molecule has 1 aromatic heterocycles. The van der Waals surface area contributed by atoms with Crippen LogP contribution in [-0.4, -0.2) is 22.3 Å². The summed E-state index contributed by atoms with van der Waals surface area (Å²) in [6, 6.07) is -1.01. The van der Waals surface area contributed by atoms with E-state index in [4.69, 9.17) is 5.73 Å². The second-order valence-corrected chi connectivity index (χ2v) is 3.67. The first-order chi connectivity index (χ1) is 7.73. The van der Waals surface area contributed by atoms with Gasteiger partial charge in [-0.2, -0.15) is 13.2 Å². The van der Waals surface area contributed by atoms with Crippen molar-refractivity contribution >= 4 is 0 Å². The van der Waals surface area contributed by atoms with E-state index in [0.717, 1.165) is 12.4 Å². The lowest BCUT2D eigenvalue weighted by molar-refractivity contribution is -0.274. The Labute approximate surface area is 95.3 Å². The fourth-order valence-corrected chi connectivity index (χ4v) is 1.50. The van der Waals surface area contributed by atoms with Gasteiger partial charge in [0.25, 0.3) is 0 Å². The van der Waals surface area contributed by atoms with Crippen LogP contribution in [0.25, 0.3) is 0 Å². The topological polar surface area (TPSA) is 59.1 Å². The van der Waals surface area contributed by atoms with Gasteiger partial charge in [-0.25, -0.2) is 4.39 Å². The Bertz CT molecular complexity index is 396. The van der Waals surface area contributed by atoms with Crippen LogP contribution < -0.4 is 5.73 Å². The van der Waals surface area contributed by atoms with E-state index in [1.165, 1.54) is 6.92 Å². The number of aliphatic hydroxyl groups is 1. The Balaban J connectivity index is 3.34. The number of nitrogens with two attached hydrogens (primary N) is 1. The summed E-state index contributed by atoms with van der Waals surface area (Å²) >= 11 is 0. The molecule has 0 aliphatic carbocycles. The van der Waals surface area contributed by atoms with Crippen LogP contribution in [0.1, 0.15) is 18.9 Å². The van der Waals surface area contributed by atoms with Crippen molar-refractivity contribution in [2.45, 2.75) is 31.2 Å². The van der Waals surface area contributed by atoms with Gasteiger partial charge in [-0.3, -0.25) is 4.98 Å². The SMILES string of the molecule is CCC(N)C(O)(c1cncc(F)c1)C(F)(F)F. The lowest BCUT2D eigenvalue weighted by Gasteiger charge is -2.35. The first-order valence-corrected chi connectivity index (χ1v) is 4.89. The Morgan fingerprint density at radius 1 is 1.41 bits per heavy atom. The average Bonchev–Trinajstić information content (AvgIpc) is 2.25. The Morgan fingerprint density at radius 3 is 2.41 bits per heavy atom. The second-order valence-electron chi connectivity index (χ2n) is 3.67. The predicted octanol–water partition coefficient (Wildman–Crippen LogP) is 1.71. The van der Waals surface area contributed by atoms with Crippen molar-refractivity contribution in [2.24, 2.45) is 5.73 Å². The van der Waals surface area contributed by atoms with E-state index in [0.29, 0.717) is 6.07 Å². The van der Waals surface area contributed by atoms with Crippen LogP contribution >= 0.6 is 0 Å². The normalized spacial score (nSPS) is 17.6. The minimum Gasteiger partial charge on any atom is -0.375 e. The maximum atomic E-state index is 12.9. The molecule has 1 aromatic rings. The summed E-state index contributed by atoms with van der Waals surface area (Å²) in [5, 5.41) is 9.76. The summed E-state index contributed by atoms with van der Waals surface area (Å²) in [6.07, 6.45) is -3.62. The third-order valence-corrected chi connectivity index (χ3v) is 2.55. The number of aromatic nitrogens is 1. The molecule has 0 radical (unpaired) electrons. The molecule has 0 aromatic carbocycles. The van der Waals surface area contributed by atoms with Gasteiger partial charge < -0.3 is 10.8 Å². The van der Waals surface area contributed by atoms with Gasteiger partial charge in [0.15, 0.2) is 0 Å². The van der Waals surface area contributed by atoms with Crippen LogP contribution in [0.4, 0.5) is 17.6 Å². The van der Waals surface area contributed by atoms with E-state index < -0.39 is 29.2 Å². The summed E-state index contributed by atoms with van der Waals surface area (Å²) in [5.74, 6) is -0.964. The van der Waals surface area contributed by atoms with Gasteiger partial charge in [-0.05, 0) is 12.5 Å². The number of pyridine rings is 1. The number of hydrogen-bond acceptors (Lipinski definition) is 3. The van der Waals surface area contributed by atoms with Crippen LogP contribution in [0.3, 0.4) is 0 Å². The Hall–Kier alpha value is -1.21. The first kappa shape index (κ1) is 13.9. The van der Waals surface area contributed by atoms with Crippen LogP contribution in [0.5, 0.6) is 0 Å². The molecule has 2 unspecified atom stereocenters. The fourth-order valence-electron chi connectivity index (χ4n) is 1.50. The van der Waals surface area contributed by atoms with E-state index in [1.807, 2.05) is 0 Å². The van der Waals surface area contributed by atoms with Crippen molar-refractivity contribution in [3.8, 4) is 0 Å². The quantitative estimate of drug-likeness (QED) is 0.805. The summed E-state index contributed by atoms with van der Waals surface area (Å²) < 4.78 is 51.5. The predicted molar refractivity (Wildman–Crippen MR) is 52.4 cm³/mol. The van der Waals surface area contributed by atoms with Crippen molar-refractivity contribution in [3.63, 3.8) is 0 Å². The molecule has 0 aliphatic rings. The number of hydrogen-bond donors (Lipinski definition) is 2. The molecule has 3 nitrogen and oxygen atoms in total. The molecule has 2 atom stereocenters. The van der Waals surface area contributed by atoms with Crippen molar-refractivity contribution < 1.29 is 22.7 Å². The molecule has 0 aliphatic heterocycles. The van der Waals surface area contributed by atoms with Gasteiger partial charge in [-0.15, -0.1) is 0 Å². The van der Waals surface area contributed by atoms with Crippen LogP contribution in [0, 0.1) is 5.82 Å². The van der Waals surface area contributed by atoms with E-state index in [1.54, 1.807) is 0 Å². The minimum absolute atomic E-state index is 0.119. The van der Waals surface area contributed by atoms with Crippen molar-refractivity contribution in [3.05, 3.63) is 29.8 Å². The minimum atomic E-state index is -5.00. The van der Waals surface area contributed by atoms with Gasteiger partial charge in [0, 0.05) is 17.8 Å². The number of alkyl halides is 3. The highest BCUT2D eigenvalue weighted by Gasteiger charge is 2.58. The third kappa shape index (κ3) is 2.39.